The molecule has 0 saturated heterocycles. The van der Waals surface area contributed by atoms with Crippen molar-refractivity contribution >= 4 is 17.3 Å². The molecule has 2 aliphatic rings. The Balaban J connectivity index is 1.83. The smallest absolute Gasteiger partial charge is 0.179 e. The number of ether oxygens (including phenoxy) is 3. The molecule has 0 bridgehead atoms. The van der Waals surface area contributed by atoms with E-state index >= 15 is 0 Å². The van der Waals surface area contributed by atoms with Gasteiger partial charge in [0.1, 0.15) is 17.2 Å². The Morgan fingerprint density at radius 1 is 1.03 bits per heavy atom. The van der Waals surface area contributed by atoms with Crippen molar-refractivity contribution in [3.8, 4) is 17.2 Å². The summed E-state index contributed by atoms with van der Waals surface area (Å²) in [6.07, 6.45) is 0.540. The normalized spacial score (nSPS) is 26.1. The molecular weight excluding hydrogens is 450 g/mol. The van der Waals surface area contributed by atoms with Crippen molar-refractivity contribution in [3.05, 3.63) is 88.4 Å². The minimum atomic E-state index is -1.54. The van der Waals surface area contributed by atoms with Gasteiger partial charge in [0.2, 0.25) is 0 Å². The fourth-order valence-electron chi connectivity index (χ4n) is 5.58. The zero-order chi connectivity index (χ0) is 23.9. The van der Waals surface area contributed by atoms with Crippen LogP contribution in [0.25, 0.3) is 0 Å². The molecule has 5 rings (SSSR count). The first-order chi connectivity index (χ1) is 16.5. The summed E-state index contributed by atoms with van der Waals surface area (Å²) in [5.41, 5.74) is 0.425. The number of rotatable bonds is 6. The average Bonchev–Trinajstić information content (AvgIpc) is 3.25. The summed E-state index contributed by atoms with van der Waals surface area (Å²) in [4.78, 5) is 4.60. The SMILES string of the molecule is CCOc1cc(OCC)c2c(c1)O[C@@]1(c3ccc(Cl)cc3)[C@H](c3ccccc3)CC(=NC)[C@@]21O. The van der Waals surface area contributed by atoms with E-state index in [9.17, 15) is 5.11 Å². The van der Waals surface area contributed by atoms with Crippen molar-refractivity contribution in [1.82, 2.24) is 0 Å². The Morgan fingerprint density at radius 2 is 1.74 bits per heavy atom. The lowest BCUT2D eigenvalue weighted by molar-refractivity contribution is -0.0747. The van der Waals surface area contributed by atoms with Gasteiger partial charge in [0.25, 0.3) is 0 Å². The van der Waals surface area contributed by atoms with Crippen LogP contribution in [-0.2, 0) is 11.2 Å². The number of benzene rings is 3. The van der Waals surface area contributed by atoms with E-state index < -0.39 is 11.2 Å². The summed E-state index contributed by atoms with van der Waals surface area (Å²) >= 11 is 6.25. The highest BCUT2D eigenvalue weighted by molar-refractivity contribution is 6.30. The first kappa shape index (κ1) is 22.8. The highest BCUT2D eigenvalue weighted by Gasteiger charge is 2.72. The van der Waals surface area contributed by atoms with E-state index in [1.807, 2.05) is 68.4 Å². The van der Waals surface area contributed by atoms with Crippen LogP contribution >= 0.6 is 11.6 Å². The molecule has 1 aliphatic carbocycles. The first-order valence-electron chi connectivity index (χ1n) is 11.6. The van der Waals surface area contributed by atoms with Crippen LogP contribution in [0.1, 0.15) is 42.9 Å². The largest absolute Gasteiger partial charge is 0.494 e. The lowest BCUT2D eigenvalue weighted by Crippen LogP contribution is -2.50. The van der Waals surface area contributed by atoms with Crippen molar-refractivity contribution in [2.24, 2.45) is 4.99 Å². The molecular formula is C28H28ClNO4. The molecule has 34 heavy (non-hydrogen) atoms. The molecule has 3 aromatic carbocycles. The van der Waals surface area contributed by atoms with Gasteiger partial charge in [0.05, 0.1) is 24.5 Å². The van der Waals surface area contributed by atoms with Crippen LogP contribution < -0.4 is 14.2 Å². The molecule has 0 spiro atoms. The molecule has 1 N–H and O–H groups in total. The maximum absolute atomic E-state index is 12.8. The van der Waals surface area contributed by atoms with Crippen LogP contribution in [0.15, 0.2) is 71.7 Å². The molecule has 0 radical (unpaired) electrons. The third-order valence-electron chi connectivity index (χ3n) is 6.87. The molecule has 1 heterocycles. The van der Waals surface area contributed by atoms with E-state index in [0.717, 1.165) is 11.1 Å². The van der Waals surface area contributed by atoms with Crippen LogP contribution in [0, 0.1) is 0 Å². The Bertz CT molecular complexity index is 1230. The standard InChI is InChI=1S/C28H28ClNO4/c1-4-32-21-15-23(33-5-2)26-24(16-21)34-28(19-11-13-20(29)14-12-19)22(18-9-7-6-8-10-18)17-25(30-3)27(26,28)31/h6-16,22,31H,4-5,17H2,1-3H3/t22-,27+,28-/m0/s1. The third-order valence-corrected chi connectivity index (χ3v) is 7.12. The van der Waals surface area contributed by atoms with E-state index in [1.165, 1.54) is 0 Å². The molecule has 1 fully saturated rings. The zero-order valence-electron chi connectivity index (χ0n) is 19.5. The molecule has 3 atom stereocenters. The molecule has 5 nitrogen and oxygen atoms in total. The first-order valence-corrected chi connectivity index (χ1v) is 12.0. The van der Waals surface area contributed by atoms with Crippen LogP contribution in [0.5, 0.6) is 17.2 Å². The Labute approximate surface area is 205 Å². The third kappa shape index (κ3) is 3.14. The fourth-order valence-corrected chi connectivity index (χ4v) is 5.71. The van der Waals surface area contributed by atoms with Gasteiger partial charge in [-0.25, -0.2) is 0 Å². The molecule has 6 heteroatoms. The summed E-state index contributed by atoms with van der Waals surface area (Å²) in [7, 11) is 1.72. The number of fused-ring (bicyclic) bond motifs is 3. The number of aliphatic imine (C=N–C) groups is 1. The van der Waals surface area contributed by atoms with E-state index in [0.29, 0.717) is 53.2 Å². The Kier molecular flexibility index (Phi) is 5.78. The second-order valence-electron chi connectivity index (χ2n) is 8.55. The summed E-state index contributed by atoms with van der Waals surface area (Å²) in [5, 5.41) is 13.4. The number of nitrogens with zero attached hydrogens (tertiary/aromatic N) is 1. The van der Waals surface area contributed by atoms with E-state index in [2.05, 4.69) is 17.1 Å². The summed E-state index contributed by atoms with van der Waals surface area (Å²) < 4.78 is 18.7. The maximum Gasteiger partial charge on any atom is 0.179 e. The van der Waals surface area contributed by atoms with Gasteiger partial charge in [-0.05, 0) is 43.5 Å². The summed E-state index contributed by atoms with van der Waals surface area (Å²) in [6.45, 7) is 4.79. The zero-order valence-corrected chi connectivity index (χ0v) is 20.3. The number of aliphatic hydroxyl groups is 1. The van der Waals surface area contributed by atoms with Gasteiger partial charge in [0.15, 0.2) is 11.2 Å². The molecule has 0 unspecified atom stereocenters. The monoisotopic (exact) mass is 477 g/mol. The number of hydrogen-bond donors (Lipinski definition) is 1. The van der Waals surface area contributed by atoms with Gasteiger partial charge in [-0.2, -0.15) is 0 Å². The Hall–Kier alpha value is -3.02. The summed E-state index contributed by atoms with van der Waals surface area (Å²) in [5.74, 6) is 1.51. The van der Waals surface area contributed by atoms with E-state index in [1.54, 1.807) is 7.05 Å². The fraction of sp³-hybridized carbons (Fsp3) is 0.321. The second-order valence-corrected chi connectivity index (χ2v) is 8.99. The molecule has 3 aromatic rings. The van der Waals surface area contributed by atoms with E-state index in [-0.39, 0.29) is 5.92 Å². The van der Waals surface area contributed by atoms with Crippen molar-refractivity contribution in [2.75, 3.05) is 20.3 Å². The lowest BCUT2D eigenvalue weighted by atomic mass is 9.71. The summed E-state index contributed by atoms with van der Waals surface area (Å²) in [6, 6.07) is 21.3. The van der Waals surface area contributed by atoms with Gasteiger partial charge in [-0.15, -0.1) is 0 Å². The predicted octanol–water partition coefficient (Wildman–Crippen LogP) is 5.87. The van der Waals surface area contributed by atoms with Crippen LogP contribution in [0.4, 0.5) is 0 Å². The second kappa shape index (κ2) is 8.64. The highest BCUT2D eigenvalue weighted by Crippen LogP contribution is 2.67. The molecule has 176 valence electrons. The van der Waals surface area contributed by atoms with Gasteiger partial charge in [-0.1, -0.05) is 54.1 Å². The minimum absolute atomic E-state index is 0.198. The highest BCUT2D eigenvalue weighted by atomic mass is 35.5. The van der Waals surface area contributed by atoms with Gasteiger partial charge >= 0.3 is 0 Å². The molecule has 0 aromatic heterocycles. The quantitative estimate of drug-likeness (QED) is 0.482. The van der Waals surface area contributed by atoms with Crippen LogP contribution in [0.3, 0.4) is 0 Å². The minimum Gasteiger partial charge on any atom is -0.494 e. The van der Waals surface area contributed by atoms with Crippen molar-refractivity contribution < 1.29 is 19.3 Å². The van der Waals surface area contributed by atoms with Crippen molar-refractivity contribution in [2.45, 2.75) is 37.4 Å². The molecule has 0 amide bonds. The van der Waals surface area contributed by atoms with E-state index in [4.69, 9.17) is 25.8 Å². The van der Waals surface area contributed by atoms with Gasteiger partial charge in [0, 0.05) is 30.1 Å². The Morgan fingerprint density at radius 3 is 2.38 bits per heavy atom. The maximum atomic E-state index is 12.8. The van der Waals surface area contributed by atoms with Crippen LogP contribution in [-0.4, -0.2) is 31.1 Å². The van der Waals surface area contributed by atoms with Crippen molar-refractivity contribution in [1.29, 1.82) is 0 Å². The van der Waals surface area contributed by atoms with Gasteiger partial charge < -0.3 is 19.3 Å². The van der Waals surface area contributed by atoms with Crippen LogP contribution in [0.2, 0.25) is 5.02 Å². The average molecular weight is 478 g/mol. The number of hydrogen-bond acceptors (Lipinski definition) is 5. The molecule has 1 aliphatic heterocycles. The van der Waals surface area contributed by atoms with Crippen molar-refractivity contribution in [3.63, 3.8) is 0 Å². The lowest BCUT2D eigenvalue weighted by Gasteiger charge is -2.40. The topological polar surface area (TPSA) is 60.3 Å². The molecule has 1 saturated carbocycles. The predicted molar refractivity (Wildman–Crippen MR) is 134 cm³/mol. The van der Waals surface area contributed by atoms with Gasteiger partial charge in [-0.3, -0.25) is 4.99 Å². The number of halogens is 1.